The van der Waals surface area contributed by atoms with E-state index < -0.39 is 63.7 Å². The number of benzene rings is 2. The van der Waals surface area contributed by atoms with E-state index in [1.807, 2.05) is 88.4 Å². The van der Waals surface area contributed by atoms with Crippen molar-refractivity contribution >= 4 is 58.8 Å². The molecule has 3 heterocycles. The summed E-state index contributed by atoms with van der Waals surface area (Å²) in [6, 6.07) is 14.6. The Bertz CT molecular complexity index is 1800. The zero-order valence-corrected chi connectivity index (χ0v) is 33.3. The zero-order valence-electron chi connectivity index (χ0n) is 31.6. The summed E-state index contributed by atoms with van der Waals surface area (Å²) < 4.78 is -0.426. The minimum absolute atomic E-state index is 0.0971. The second-order valence-electron chi connectivity index (χ2n) is 14.9. The molecule has 0 aliphatic carbocycles. The Morgan fingerprint density at radius 1 is 0.927 bits per heavy atom. The maximum absolute atomic E-state index is 14.5. The van der Waals surface area contributed by atoms with Gasteiger partial charge in [-0.25, -0.2) is 4.98 Å². The Hall–Kier alpha value is -4.70. The summed E-state index contributed by atoms with van der Waals surface area (Å²) in [5.41, 5.74) is 0.857. The van der Waals surface area contributed by atoms with Crippen LogP contribution in [0.3, 0.4) is 0 Å². The lowest BCUT2D eigenvalue weighted by atomic mass is 9.85. The van der Waals surface area contributed by atoms with Crippen molar-refractivity contribution in [3.8, 4) is 0 Å². The molecule has 2 fully saturated rings. The molecule has 14 nitrogen and oxygen atoms in total. The first-order valence-corrected chi connectivity index (χ1v) is 20.5. The molecule has 2 unspecified atom stereocenters. The van der Waals surface area contributed by atoms with Gasteiger partial charge >= 0.3 is 0 Å². The van der Waals surface area contributed by atoms with E-state index in [2.05, 4.69) is 36.4 Å². The van der Waals surface area contributed by atoms with Crippen molar-refractivity contribution in [2.45, 2.75) is 88.0 Å². The SMILES string of the molecule is CCCC(NC(=O)[C@@H]1CC2(CN1C(=O)[C@@H](NC(=O)Cc1ccccc1)C(C)(C)C)SCCCS2)C(=O)C(=O)NCC(=O)NC(c1ccccc1)c1ncn[nH]1. The van der Waals surface area contributed by atoms with Crippen LogP contribution in [0.25, 0.3) is 0 Å². The number of nitrogens with one attached hydrogen (secondary N) is 5. The first kappa shape index (κ1) is 41.5. The average Bonchev–Trinajstić information content (AvgIpc) is 3.84. The lowest BCUT2D eigenvalue weighted by molar-refractivity contribution is -0.145. The Balaban J connectivity index is 1.27. The lowest BCUT2D eigenvalue weighted by Crippen LogP contribution is -2.59. The third kappa shape index (κ3) is 11.0. The summed E-state index contributed by atoms with van der Waals surface area (Å²) in [6.07, 6.45) is 3.42. The monoisotopic (exact) mass is 790 g/mol. The molecule has 5 amide bonds. The van der Waals surface area contributed by atoms with Gasteiger partial charge < -0.3 is 26.2 Å². The van der Waals surface area contributed by atoms with E-state index >= 15 is 0 Å². The van der Waals surface area contributed by atoms with Gasteiger partial charge in [-0.2, -0.15) is 5.10 Å². The number of hydrogen-bond acceptors (Lipinski definition) is 10. The molecule has 0 radical (unpaired) electrons. The van der Waals surface area contributed by atoms with Gasteiger partial charge in [-0.15, -0.1) is 23.5 Å². The third-order valence-electron chi connectivity index (χ3n) is 9.51. The van der Waals surface area contributed by atoms with Crippen LogP contribution < -0.4 is 21.3 Å². The summed E-state index contributed by atoms with van der Waals surface area (Å²) in [6.45, 7) is 7.23. The Labute approximate surface area is 329 Å². The molecule has 2 aliphatic heterocycles. The van der Waals surface area contributed by atoms with Gasteiger partial charge in [0.1, 0.15) is 24.5 Å². The molecule has 3 aromatic rings. The maximum Gasteiger partial charge on any atom is 0.290 e. The number of thioether (sulfide) groups is 2. The largest absolute Gasteiger partial charge is 0.344 e. The summed E-state index contributed by atoms with van der Waals surface area (Å²) in [5.74, 6) is -1.56. The van der Waals surface area contributed by atoms with Crippen LogP contribution in [0.15, 0.2) is 67.0 Å². The number of amides is 5. The molecule has 16 heteroatoms. The number of carbonyl (C=O) groups excluding carboxylic acids is 6. The normalized spacial score (nSPS) is 18.1. The van der Waals surface area contributed by atoms with Crippen molar-refractivity contribution < 1.29 is 28.8 Å². The number of aromatic amines is 1. The highest BCUT2D eigenvalue weighted by atomic mass is 32.2. The molecular weight excluding hydrogens is 741 g/mol. The topological polar surface area (TPSA) is 195 Å². The van der Waals surface area contributed by atoms with Gasteiger partial charge in [0, 0.05) is 13.0 Å². The summed E-state index contributed by atoms with van der Waals surface area (Å²) in [7, 11) is 0. The summed E-state index contributed by atoms with van der Waals surface area (Å²) in [5, 5.41) is 17.6. The van der Waals surface area contributed by atoms with E-state index in [1.54, 1.807) is 28.4 Å². The Morgan fingerprint density at radius 2 is 1.60 bits per heavy atom. The minimum atomic E-state index is -1.18. The average molecular weight is 791 g/mol. The first-order valence-electron chi connectivity index (χ1n) is 18.5. The highest BCUT2D eigenvalue weighted by Gasteiger charge is 2.53. The van der Waals surface area contributed by atoms with Crippen molar-refractivity contribution in [3.05, 3.63) is 83.9 Å². The van der Waals surface area contributed by atoms with Crippen molar-refractivity contribution in [1.82, 2.24) is 41.3 Å². The van der Waals surface area contributed by atoms with E-state index in [0.29, 0.717) is 25.2 Å². The molecule has 5 rings (SSSR count). The number of nitrogens with zero attached hydrogens (tertiary/aromatic N) is 3. The van der Waals surface area contributed by atoms with Crippen LogP contribution in [0.1, 0.15) is 76.4 Å². The van der Waals surface area contributed by atoms with Gasteiger partial charge in [0.05, 0.1) is 23.1 Å². The number of aromatic nitrogens is 3. The van der Waals surface area contributed by atoms with E-state index in [4.69, 9.17) is 0 Å². The summed E-state index contributed by atoms with van der Waals surface area (Å²) in [4.78, 5) is 87.3. The van der Waals surface area contributed by atoms with Crippen molar-refractivity contribution in [3.63, 3.8) is 0 Å². The molecule has 294 valence electrons. The Kier molecular flexibility index (Phi) is 14.1. The van der Waals surface area contributed by atoms with Gasteiger partial charge in [0.25, 0.3) is 5.91 Å². The fourth-order valence-electron chi connectivity index (χ4n) is 6.69. The molecule has 55 heavy (non-hydrogen) atoms. The maximum atomic E-state index is 14.5. The van der Waals surface area contributed by atoms with Gasteiger partial charge in [0.15, 0.2) is 5.82 Å². The van der Waals surface area contributed by atoms with Crippen LogP contribution >= 0.6 is 23.5 Å². The molecule has 2 aromatic carbocycles. The number of hydrogen-bond donors (Lipinski definition) is 5. The molecule has 4 atom stereocenters. The lowest BCUT2D eigenvalue weighted by Gasteiger charge is -2.36. The molecule has 0 saturated carbocycles. The quantitative estimate of drug-likeness (QED) is 0.143. The number of carbonyl (C=O) groups is 6. The van der Waals surface area contributed by atoms with Crippen LogP contribution in [-0.2, 0) is 35.2 Å². The van der Waals surface area contributed by atoms with E-state index in [0.717, 1.165) is 29.1 Å². The molecule has 2 aliphatic rings. The zero-order chi connectivity index (χ0) is 39.6. The number of rotatable bonds is 15. The Morgan fingerprint density at radius 3 is 2.22 bits per heavy atom. The standard InChI is InChI=1S/C39H50N8O6S2/c1-5-13-27(32(50)36(52)40-22-30(49)44-31(34-41-24-42-46-34)26-16-10-7-11-17-26)43-35(51)28-21-39(54-18-12-19-55-39)23-47(28)37(53)33(38(2,3)4)45-29(48)20-25-14-8-6-9-15-25/h6-11,14-17,24,27-28,31,33H,5,12-13,18-23H2,1-4H3,(H,40,52)(H,43,51)(H,44,49)(H,45,48)(H,41,42,46)/t27?,28-,31?,33+/m0/s1. The molecule has 2 saturated heterocycles. The van der Waals surface area contributed by atoms with Crippen LogP contribution in [0.5, 0.6) is 0 Å². The fraction of sp³-hybridized carbons (Fsp3) is 0.487. The molecular formula is C39H50N8O6S2. The van der Waals surface area contributed by atoms with E-state index in [9.17, 15) is 28.8 Å². The molecule has 5 N–H and O–H groups in total. The third-order valence-corrected chi connectivity index (χ3v) is 12.8. The second kappa shape index (κ2) is 18.8. The van der Waals surface area contributed by atoms with Crippen LogP contribution in [0.2, 0.25) is 0 Å². The smallest absolute Gasteiger partial charge is 0.290 e. The van der Waals surface area contributed by atoms with Gasteiger partial charge in [-0.3, -0.25) is 33.9 Å². The number of Topliss-reactive ketones (excluding diaryl/α,β-unsaturated/α-hetero) is 1. The fourth-order valence-corrected chi connectivity index (χ4v) is 10.0. The van der Waals surface area contributed by atoms with Crippen molar-refractivity contribution in [2.24, 2.45) is 5.41 Å². The number of H-pyrrole nitrogens is 1. The molecule has 0 bridgehead atoms. The van der Waals surface area contributed by atoms with Crippen LogP contribution in [0.4, 0.5) is 0 Å². The van der Waals surface area contributed by atoms with Gasteiger partial charge in [-0.05, 0) is 40.9 Å². The van der Waals surface area contributed by atoms with Gasteiger partial charge in [-0.1, -0.05) is 94.8 Å². The number of likely N-dealkylation sites (tertiary alicyclic amines) is 1. The summed E-state index contributed by atoms with van der Waals surface area (Å²) >= 11 is 3.45. The highest BCUT2D eigenvalue weighted by Crippen LogP contribution is 2.50. The highest BCUT2D eigenvalue weighted by molar-refractivity contribution is 8.18. The first-order chi connectivity index (χ1) is 26.3. The van der Waals surface area contributed by atoms with Crippen LogP contribution in [0, 0.1) is 5.41 Å². The number of ketones is 1. The van der Waals surface area contributed by atoms with Crippen LogP contribution in [-0.4, -0.2) is 102 Å². The van der Waals surface area contributed by atoms with E-state index in [-0.39, 0.29) is 24.7 Å². The van der Waals surface area contributed by atoms with E-state index in [1.165, 1.54) is 6.33 Å². The van der Waals surface area contributed by atoms with Crippen molar-refractivity contribution in [2.75, 3.05) is 24.6 Å². The van der Waals surface area contributed by atoms with Gasteiger partial charge in [0.2, 0.25) is 29.4 Å². The predicted octanol–water partition coefficient (Wildman–Crippen LogP) is 2.92. The predicted molar refractivity (Wildman–Crippen MR) is 212 cm³/mol. The van der Waals surface area contributed by atoms with Crippen molar-refractivity contribution in [1.29, 1.82) is 0 Å². The minimum Gasteiger partial charge on any atom is -0.344 e. The molecule has 1 aromatic heterocycles. The second-order valence-corrected chi connectivity index (χ2v) is 18.1. The molecule has 1 spiro atoms.